The predicted molar refractivity (Wildman–Crippen MR) is 123 cm³/mol. The van der Waals surface area contributed by atoms with Gasteiger partial charge in [-0.2, -0.15) is 0 Å². The van der Waals surface area contributed by atoms with Crippen molar-refractivity contribution >= 4 is 23.1 Å². The molecule has 0 atom stereocenters. The van der Waals surface area contributed by atoms with E-state index in [1.807, 2.05) is 30.6 Å². The molecule has 4 aromatic rings. The molecule has 0 N–H and O–H groups in total. The van der Waals surface area contributed by atoms with Gasteiger partial charge in [-0.1, -0.05) is 30.3 Å². The molecule has 0 aliphatic rings. The van der Waals surface area contributed by atoms with Gasteiger partial charge in [0.25, 0.3) is 0 Å². The second kappa shape index (κ2) is 9.25. The summed E-state index contributed by atoms with van der Waals surface area (Å²) in [7, 11) is 1.70. The fourth-order valence-electron chi connectivity index (χ4n) is 3.35. The van der Waals surface area contributed by atoms with Crippen molar-refractivity contribution in [1.82, 2.24) is 4.57 Å². The lowest BCUT2D eigenvalue weighted by Crippen LogP contribution is -2.07. The molecule has 0 radical (unpaired) electrons. The summed E-state index contributed by atoms with van der Waals surface area (Å²) in [5.41, 5.74) is 4.71. The molecule has 0 aliphatic carbocycles. The van der Waals surface area contributed by atoms with Crippen molar-refractivity contribution in [3.05, 3.63) is 78.4 Å². The third kappa shape index (κ3) is 4.36. The summed E-state index contributed by atoms with van der Waals surface area (Å²) < 4.78 is 15.2. The Morgan fingerprint density at radius 3 is 2.38 bits per heavy atom. The zero-order valence-electron chi connectivity index (χ0n) is 16.5. The first-order valence-electron chi connectivity index (χ1n) is 9.43. The highest BCUT2D eigenvalue weighted by atomic mass is 32.2. The van der Waals surface area contributed by atoms with Gasteiger partial charge in [0, 0.05) is 18.0 Å². The summed E-state index contributed by atoms with van der Waals surface area (Å²) in [6.07, 6.45) is 6.20. The molecule has 0 unspecified atom stereocenters. The maximum absolute atomic E-state index is 6.14. The van der Waals surface area contributed by atoms with Gasteiger partial charge in [0.15, 0.2) is 11.5 Å². The van der Waals surface area contributed by atoms with E-state index < -0.39 is 0 Å². The standard InChI is InChI=1S/C24H23NO2S2/c1-26-22-17-21(19-10-15-29-24(19)28-2)20(18-8-4-3-5-9-18)16-23(22)27-14-13-25-11-6-7-12-25/h3-12,15-17H,13-14H2,1-2H3. The van der Waals surface area contributed by atoms with Crippen LogP contribution in [0.25, 0.3) is 22.3 Å². The van der Waals surface area contributed by atoms with E-state index in [1.165, 1.54) is 15.3 Å². The molecule has 0 saturated carbocycles. The molecule has 29 heavy (non-hydrogen) atoms. The van der Waals surface area contributed by atoms with Gasteiger partial charge in [0.2, 0.25) is 0 Å². The van der Waals surface area contributed by atoms with Gasteiger partial charge in [-0.15, -0.1) is 23.1 Å². The molecule has 5 heteroatoms. The van der Waals surface area contributed by atoms with Crippen LogP contribution in [0.1, 0.15) is 0 Å². The molecule has 148 valence electrons. The van der Waals surface area contributed by atoms with Crippen LogP contribution in [-0.2, 0) is 6.54 Å². The Morgan fingerprint density at radius 1 is 0.897 bits per heavy atom. The molecule has 2 heterocycles. The molecule has 0 spiro atoms. The summed E-state index contributed by atoms with van der Waals surface area (Å²) in [5, 5.41) is 2.14. The second-order valence-corrected chi connectivity index (χ2v) is 8.50. The van der Waals surface area contributed by atoms with E-state index in [4.69, 9.17) is 9.47 Å². The first-order valence-corrected chi connectivity index (χ1v) is 11.5. The lowest BCUT2D eigenvalue weighted by molar-refractivity contribution is 0.280. The zero-order chi connectivity index (χ0) is 20.1. The van der Waals surface area contributed by atoms with Crippen LogP contribution >= 0.6 is 23.1 Å². The van der Waals surface area contributed by atoms with Gasteiger partial charge in [-0.25, -0.2) is 0 Å². The summed E-state index contributed by atoms with van der Waals surface area (Å²) >= 11 is 3.54. The molecule has 4 rings (SSSR count). The molecule has 0 amide bonds. The number of hydrogen-bond donors (Lipinski definition) is 0. The van der Waals surface area contributed by atoms with E-state index in [0.717, 1.165) is 29.2 Å². The van der Waals surface area contributed by atoms with Crippen molar-refractivity contribution in [3.8, 4) is 33.8 Å². The predicted octanol–water partition coefficient (Wildman–Crippen LogP) is 6.69. The van der Waals surface area contributed by atoms with Crippen LogP contribution in [0.15, 0.2) is 82.6 Å². The lowest BCUT2D eigenvalue weighted by Gasteiger charge is -2.17. The van der Waals surface area contributed by atoms with E-state index in [-0.39, 0.29) is 0 Å². The van der Waals surface area contributed by atoms with Gasteiger partial charge < -0.3 is 14.0 Å². The van der Waals surface area contributed by atoms with Crippen LogP contribution in [-0.4, -0.2) is 24.5 Å². The minimum absolute atomic E-state index is 0.577. The van der Waals surface area contributed by atoms with Crippen molar-refractivity contribution in [1.29, 1.82) is 0 Å². The third-order valence-electron chi connectivity index (χ3n) is 4.77. The van der Waals surface area contributed by atoms with E-state index >= 15 is 0 Å². The Hall–Kier alpha value is -2.63. The monoisotopic (exact) mass is 421 g/mol. The van der Waals surface area contributed by atoms with Gasteiger partial charge in [-0.3, -0.25) is 0 Å². The lowest BCUT2D eigenvalue weighted by atomic mass is 9.95. The van der Waals surface area contributed by atoms with Crippen LogP contribution in [0.2, 0.25) is 0 Å². The fourth-order valence-corrected chi connectivity index (χ4v) is 4.93. The van der Waals surface area contributed by atoms with Crippen LogP contribution in [0, 0.1) is 0 Å². The van der Waals surface area contributed by atoms with Crippen molar-refractivity contribution in [3.63, 3.8) is 0 Å². The normalized spacial score (nSPS) is 10.8. The third-order valence-corrected chi connectivity index (χ3v) is 6.85. The van der Waals surface area contributed by atoms with Gasteiger partial charge in [0.1, 0.15) is 6.61 Å². The fraction of sp³-hybridized carbons (Fsp3) is 0.167. The zero-order valence-corrected chi connectivity index (χ0v) is 18.1. The van der Waals surface area contributed by atoms with E-state index in [9.17, 15) is 0 Å². The average Bonchev–Trinajstić information content (AvgIpc) is 3.46. The number of rotatable bonds is 8. The number of benzene rings is 2. The first-order chi connectivity index (χ1) is 14.3. The van der Waals surface area contributed by atoms with Crippen molar-refractivity contribution in [2.75, 3.05) is 20.0 Å². The molecule has 2 aromatic carbocycles. The smallest absolute Gasteiger partial charge is 0.161 e. The number of methoxy groups -OCH3 is 1. The van der Waals surface area contributed by atoms with E-state index in [2.05, 4.69) is 58.7 Å². The Kier molecular flexibility index (Phi) is 6.27. The maximum Gasteiger partial charge on any atom is 0.161 e. The topological polar surface area (TPSA) is 23.4 Å². The minimum atomic E-state index is 0.577. The molecule has 0 bridgehead atoms. The second-order valence-electron chi connectivity index (χ2n) is 6.51. The first kappa shape index (κ1) is 19.7. The molecule has 3 nitrogen and oxygen atoms in total. The van der Waals surface area contributed by atoms with Crippen molar-refractivity contribution in [2.24, 2.45) is 0 Å². The highest BCUT2D eigenvalue weighted by molar-refractivity contribution is 8.00. The average molecular weight is 422 g/mol. The summed E-state index contributed by atoms with van der Waals surface area (Å²) in [5.74, 6) is 1.52. The Morgan fingerprint density at radius 2 is 1.66 bits per heavy atom. The molecular formula is C24H23NO2S2. The number of thiophene rings is 1. The summed E-state index contributed by atoms with van der Waals surface area (Å²) in [6.45, 7) is 1.37. The van der Waals surface area contributed by atoms with E-state index in [0.29, 0.717) is 6.61 Å². The van der Waals surface area contributed by atoms with Gasteiger partial charge >= 0.3 is 0 Å². The summed E-state index contributed by atoms with van der Waals surface area (Å²) in [4.78, 5) is 0. The Balaban J connectivity index is 1.75. The largest absolute Gasteiger partial charge is 0.493 e. The number of aromatic nitrogens is 1. The number of thioether (sulfide) groups is 1. The maximum atomic E-state index is 6.14. The SMILES string of the molecule is COc1cc(-c2ccsc2SC)c(-c2ccccc2)cc1OCCn1cccc1. The van der Waals surface area contributed by atoms with Crippen LogP contribution < -0.4 is 9.47 Å². The Bertz CT molecular complexity index is 1060. The van der Waals surface area contributed by atoms with Crippen molar-refractivity contribution in [2.45, 2.75) is 10.8 Å². The molecule has 2 aromatic heterocycles. The van der Waals surface area contributed by atoms with Gasteiger partial charge in [-0.05, 0) is 58.7 Å². The quantitative estimate of drug-likeness (QED) is 0.296. The minimum Gasteiger partial charge on any atom is -0.493 e. The Labute approximate surface area is 179 Å². The van der Waals surface area contributed by atoms with Crippen LogP contribution in [0.5, 0.6) is 11.5 Å². The van der Waals surface area contributed by atoms with Crippen LogP contribution in [0.4, 0.5) is 0 Å². The molecular weight excluding hydrogens is 398 g/mol. The molecule has 0 fully saturated rings. The van der Waals surface area contributed by atoms with E-state index in [1.54, 1.807) is 30.2 Å². The van der Waals surface area contributed by atoms with Crippen LogP contribution in [0.3, 0.4) is 0 Å². The molecule has 0 saturated heterocycles. The molecule has 0 aliphatic heterocycles. The highest BCUT2D eigenvalue weighted by Gasteiger charge is 2.17. The van der Waals surface area contributed by atoms with Crippen molar-refractivity contribution < 1.29 is 9.47 Å². The number of ether oxygens (including phenoxy) is 2. The summed E-state index contributed by atoms with van der Waals surface area (Å²) in [6, 6.07) is 20.9. The highest BCUT2D eigenvalue weighted by Crippen LogP contribution is 2.44. The number of nitrogens with zero attached hydrogens (tertiary/aromatic N) is 1. The van der Waals surface area contributed by atoms with Gasteiger partial charge in [0.05, 0.1) is 17.9 Å². The number of hydrogen-bond acceptors (Lipinski definition) is 4.